The molecule has 3 aromatic rings. The SMILES string of the molecule is Cc1nn(Cc2ccccc2Cl)c(C)c1/C=C/C(=O)Nc1ccccc1F. The van der Waals surface area contributed by atoms with Crippen LogP contribution in [0.2, 0.25) is 5.02 Å². The number of halogens is 2. The van der Waals surface area contributed by atoms with Crippen molar-refractivity contribution in [3.63, 3.8) is 0 Å². The van der Waals surface area contributed by atoms with E-state index in [0.717, 1.165) is 22.5 Å². The van der Waals surface area contributed by atoms with Gasteiger partial charge in [0.15, 0.2) is 0 Å². The van der Waals surface area contributed by atoms with E-state index in [4.69, 9.17) is 11.6 Å². The minimum Gasteiger partial charge on any atom is -0.320 e. The summed E-state index contributed by atoms with van der Waals surface area (Å²) in [5.41, 5.74) is 3.69. The highest BCUT2D eigenvalue weighted by atomic mass is 35.5. The number of benzene rings is 2. The highest BCUT2D eigenvalue weighted by molar-refractivity contribution is 6.31. The smallest absolute Gasteiger partial charge is 0.248 e. The maximum atomic E-state index is 13.6. The van der Waals surface area contributed by atoms with Crippen molar-refractivity contribution in [3.8, 4) is 0 Å². The van der Waals surface area contributed by atoms with Crippen LogP contribution in [0.25, 0.3) is 6.08 Å². The van der Waals surface area contributed by atoms with E-state index in [9.17, 15) is 9.18 Å². The van der Waals surface area contributed by atoms with Gasteiger partial charge in [-0.15, -0.1) is 0 Å². The minimum atomic E-state index is -0.473. The van der Waals surface area contributed by atoms with Crippen LogP contribution >= 0.6 is 11.6 Å². The summed E-state index contributed by atoms with van der Waals surface area (Å²) in [6, 6.07) is 13.7. The van der Waals surface area contributed by atoms with Crippen molar-refractivity contribution in [2.75, 3.05) is 5.32 Å². The van der Waals surface area contributed by atoms with Crippen LogP contribution in [0.5, 0.6) is 0 Å². The van der Waals surface area contributed by atoms with Crippen LogP contribution in [0.15, 0.2) is 54.6 Å². The molecule has 2 aromatic carbocycles. The molecule has 0 aliphatic heterocycles. The Kier molecular flexibility index (Phi) is 5.72. The molecule has 4 nitrogen and oxygen atoms in total. The van der Waals surface area contributed by atoms with Crippen LogP contribution in [-0.2, 0) is 11.3 Å². The third-order valence-corrected chi connectivity index (χ3v) is 4.62. The number of nitrogens with one attached hydrogen (secondary N) is 1. The number of hydrogen-bond donors (Lipinski definition) is 1. The molecule has 1 N–H and O–H groups in total. The Bertz CT molecular complexity index is 1010. The average molecular weight is 384 g/mol. The van der Waals surface area contributed by atoms with E-state index in [1.807, 2.05) is 42.8 Å². The van der Waals surface area contributed by atoms with Crippen molar-refractivity contribution in [3.05, 3.63) is 88.0 Å². The second-order valence-electron chi connectivity index (χ2n) is 6.14. The van der Waals surface area contributed by atoms with Gasteiger partial charge in [0.05, 0.1) is 17.9 Å². The van der Waals surface area contributed by atoms with Crippen molar-refractivity contribution < 1.29 is 9.18 Å². The number of carbonyl (C=O) groups excluding carboxylic acids is 1. The summed E-state index contributed by atoms with van der Waals surface area (Å²) in [6.07, 6.45) is 3.07. The number of rotatable bonds is 5. The number of hydrogen-bond acceptors (Lipinski definition) is 2. The zero-order chi connectivity index (χ0) is 19.4. The molecule has 3 rings (SSSR count). The van der Waals surface area contributed by atoms with Crippen molar-refractivity contribution in [2.45, 2.75) is 20.4 Å². The lowest BCUT2D eigenvalue weighted by molar-refractivity contribution is -0.111. The van der Waals surface area contributed by atoms with E-state index in [1.165, 1.54) is 18.2 Å². The molecule has 0 fully saturated rings. The van der Waals surface area contributed by atoms with Crippen molar-refractivity contribution >= 4 is 29.3 Å². The van der Waals surface area contributed by atoms with Gasteiger partial charge in [-0.2, -0.15) is 5.10 Å². The number of para-hydroxylation sites is 1. The molecule has 1 aromatic heterocycles. The fourth-order valence-electron chi connectivity index (χ4n) is 2.79. The van der Waals surface area contributed by atoms with Crippen LogP contribution in [0.4, 0.5) is 10.1 Å². The Morgan fingerprint density at radius 2 is 1.89 bits per heavy atom. The molecule has 0 radical (unpaired) electrons. The number of amides is 1. The molecule has 0 bridgehead atoms. The summed E-state index contributed by atoms with van der Waals surface area (Å²) in [5.74, 6) is -0.878. The van der Waals surface area contributed by atoms with Gasteiger partial charge in [0, 0.05) is 22.4 Å². The summed E-state index contributed by atoms with van der Waals surface area (Å²) >= 11 is 6.23. The number of carbonyl (C=O) groups is 1. The molecule has 1 heterocycles. The predicted octanol–water partition coefficient (Wildman–Crippen LogP) is 4.99. The van der Waals surface area contributed by atoms with Gasteiger partial charge >= 0.3 is 0 Å². The van der Waals surface area contributed by atoms with Gasteiger partial charge in [0.1, 0.15) is 5.82 Å². The third kappa shape index (κ3) is 4.44. The second kappa shape index (κ2) is 8.18. The van der Waals surface area contributed by atoms with E-state index in [-0.39, 0.29) is 5.69 Å². The van der Waals surface area contributed by atoms with E-state index in [0.29, 0.717) is 11.6 Å². The number of aryl methyl sites for hydroxylation is 1. The minimum absolute atomic E-state index is 0.148. The summed E-state index contributed by atoms with van der Waals surface area (Å²) in [6.45, 7) is 4.36. The maximum Gasteiger partial charge on any atom is 0.248 e. The summed E-state index contributed by atoms with van der Waals surface area (Å²) in [4.78, 5) is 12.1. The highest BCUT2D eigenvalue weighted by Crippen LogP contribution is 2.20. The Morgan fingerprint density at radius 1 is 1.19 bits per heavy atom. The second-order valence-corrected chi connectivity index (χ2v) is 6.54. The number of nitrogens with zero attached hydrogens (tertiary/aromatic N) is 2. The lowest BCUT2D eigenvalue weighted by Gasteiger charge is -2.06. The van der Waals surface area contributed by atoms with E-state index in [2.05, 4.69) is 10.4 Å². The molecule has 0 aliphatic carbocycles. The van der Waals surface area contributed by atoms with E-state index in [1.54, 1.807) is 18.2 Å². The predicted molar refractivity (Wildman–Crippen MR) is 106 cm³/mol. The van der Waals surface area contributed by atoms with Crippen molar-refractivity contribution in [1.29, 1.82) is 0 Å². The fourth-order valence-corrected chi connectivity index (χ4v) is 2.99. The standard InChI is InChI=1S/C21H19ClFN3O/c1-14-17(11-12-21(27)24-20-10-6-5-9-19(20)23)15(2)26(25-14)13-16-7-3-4-8-18(16)22/h3-12H,13H2,1-2H3,(H,24,27)/b12-11+. The van der Waals surface area contributed by atoms with Gasteiger partial charge in [0.25, 0.3) is 0 Å². The molecular weight excluding hydrogens is 365 g/mol. The summed E-state index contributed by atoms with van der Waals surface area (Å²) in [7, 11) is 0. The van der Waals surface area contributed by atoms with E-state index >= 15 is 0 Å². The molecule has 0 spiro atoms. The van der Waals surface area contributed by atoms with Crippen LogP contribution in [0, 0.1) is 19.7 Å². The van der Waals surface area contributed by atoms with Crippen molar-refractivity contribution in [2.24, 2.45) is 0 Å². The molecule has 6 heteroatoms. The Labute approximate surface area is 162 Å². The Morgan fingerprint density at radius 3 is 2.63 bits per heavy atom. The maximum absolute atomic E-state index is 13.6. The molecule has 0 atom stereocenters. The highest BCUT2D eigenvalue weighted by Gasteiger charge is 2.11. The van der Waals surface area contributed by atoms with Gasteiger partial charge in [-0.05, 0) is 43.7 Å². The molecule has 0 saturated carbocycles. The third-order valence-electron chi connectivity index (χ3n) is 4.25. The van der Waals surface area contributed by atoms with Crippen LogP contribution in [-0.4, -0.2) is 15.7 Å². The van der Waals surface area contributed by atoms with Gasteiger partial charge < -0.3 is 5.32 Å². The molecule has 0 saturated heterocycles. The van der Waals surface area contributed by atoms with Crippen molar-refractivity contribution in [1.82, 2.24) is 9.78 Å². The van der Waals surface area contributed by atoms with E-state index < -0.39 is 11.7 Å². The normalized spacial score (nSPS) is 11.1. The van der Waals surface area contributed by atoms with Gasteiger partial charge in [-0.3, -0.25) is 9.48 Å². The zero-order valence-corrected chi connectivity index (χ0v) is 15.8. The first-order valence-electron chi connectivity index (χ1n) is 8.46. The lowest BCUT2D eigenvalue weighted by atomic mass is 10.1. The Balaban J connectivity index is 1.76. The van der Waals surface area contributed by atoms with Gasteiger partial charge in [-0.1, -0.05) is 41.9 Å². The Hall–Kier alpha value is -2.92. The first kappa shape index (κ1) is 18.9. The average Bonchev–Trinajstić information content (AvgIpc) is 2.90. The molecule has 27 heavy (non-hydrogen) atoms. The monoisotopic (exact) mass is 383 g/mol. The van der Waals surface area contributed by atoms with Gasteiger partial charge in [-0.25, -0.2) is 4.39 Å². The first-order valence-corrected chi connectivity index (χ1v) is 8.84. The number of aromatic nitrogens is 2. The first-order chi connectivity index (χ1) is 13.0. The van der Waals surface area contributed by atoms with Crippen LogP contribution in [0.3, 0.4) is 0 Å². The van der Waals surface area contributed by atoms with Crippen LogP contribution < -0.4 is 5.32 Å². The molecule has 138 valence electrons. The summed E-state index contributed by atoms with van der Waals surface area (Å²) in [5, 5.41) is 7.75. The molecular formula is C21H19ClFN3O. The molecule has 0 aliphatic rings. The lowest BCUT2D eigenvalue weighted by Crippen LogP contribution is -2.09. The fraction of sp³-hybridized carbons (Fsp3) is 0.143. The molecule has 0 unspecified atom stereocenters. The van der Waals surface area contributed by atoms with Crippen LogP contribution in [0.1, 0.15) is 22.5 Å². The topological polar surface area (TPSA) is 46.9 Å². The zero-order valence-electron chi connectivity index (χ0n) is 15.0. The molecule has 1 amide bonds. The largest absolute Gasteiger partial charge is 0.320 e. The van der Waals surface area contributed by atoms with Gasteiger partial charge in [0.2, 0.25) is 5.91 Å². The summed E-state index contributed by atoms with van der Waals surface area (Å²) < 4.78 is 15.5. The number of anilines is 1. The quantitative estimate of drug-likeness (QED) is 0.631.